The Morgan fingerprint density at radius 3 is 2.18 bits per heavy atom. The van der Waals surface area contributed by atoms with E-state index in [1.807, 2.05) is 6.07 Å². The van der Waals surface area contributed by atoms with E-state index in [0.717, 1.165) is 0 Å². The molecule has 0 saturated carbocycles. The van der Waals surface area contributed by atoms with Crippen LogP contribution in [0, 0.1) is 11.3 Å². The number of nitriles is 1. The van der Waals surface area contributed by atoms with Gasteiger partial charge in [0.05, 0.1) is 15.7 Å². The number of nitrogens with one attached hydrogen (secondary N) is 1. The molecule has 1 N–H and O–H groups in total. The van der Waals surface area contributed by atoms with Crippen LogP contribution < -0.4 is 5.32 Å². The number of hydrogen-bond donors (Lipinski definition) is 1. The molecule has 22 heavy (non-hydrogen) atoms. The number of nitrogens with zero attached hydrogens (tertiary/aromatic N) is 1. The number of hydrogen-bond acceptors (Lipinski definition) is 2. The molecule has 0 spiro atoms. The van der Waals surface area contributed by atoms with Crippen molar-refractivity contribution in [2.75, 3.05) is 5.32 Å². The molecule has 0 unspecified atom stereocenters. The van der Waals surface area contributed by atoms with Crippen molar-refractivity contribution in [1.82, 2.24) is 0 Å². The Hall–Kier alpha value is -1.99. The number of anilines is 1. The summed E-state index contributed by atoms with van der Waals surface area (Å²) in [6, 6.07) is 13.5. The number of halogens is 3. The molecule has 0 heterocycles. The lowest BCUT2D eigenvalue weighted by Crippen LogP contribution is -2.14. The maximum atomic E-state index is 12.2. The van der Waals surface area contributed by atoms with E-state index in [1.165, 1.54) is 6.08 Å². The fraction of sp³-hybridized carbons (Fsp3) is 0. The quantitative estimate of drug-likeness (QED) is 0.611. The van der Waals surface area contributed by atoms with Gasteiger partial charge >= 0.3 is 0 Å². The third-order valence-corrected chi connectivity index (χ3v) is 3.63. The Balaban J connectivity index is 2.26. The van der Waals surface area contributed by atoms with Crippen LogP contribution >= 0.6 is 34.8 Å². The SMILES string of the molecule is N#C/C(=C\c1ccc(Cl)cc1)C(=O)Nc1c(Cl)cccc1Cl. The van der Waals surface area contributed by atoms with E-state index in [1.54, 1.807) is 42.5 Å². The summed E-state index contributed by atoms with van der Waals surface area (Å²) in [6.45, 7) is 0. The van der Waals surface area contributed by atoms with Crippen LogP contribution in [0.15, 0.2) is 48.0 Å². The van der Waals surface area contributed by atoms with Crippen LogP contribution in [0.4, 0.5) is 5.69 Å². The summed E-state index contributed by atoms with van der Waals surface area (Å²) in [5.74, 6) is -0.590. The van der Waals surface area contributed by atoms with Crippen molar-refractivity contribution in [3.8, 4) is 6.07 Å². The van der Waals surface area contributed by atoms with Crippen LogP contribution in [-0.4, -0.2) is 5.91 Å². The molecule has 2 rings (SSSR count). The second-order valence-electron chi connectivity index (χ2n) is 4.27. The Kier molecular flexibility index (Phi) is 5.46. The molecule has 0 radical (unpaired) electrons. The van der Waals surface area contributed by atoms with Gasteiger partial charge in [-0.15, -0.1) is 0 Å². The van der Waals surface area contributed by atoms with E-state index in [9.17, 15) is 4.79 Å². The zero-order valence-electron chi connectivity index (χ0n) is 11.1. The summed E-state index contributed by atoms with van der Waals surface area (Å²) in [4.78, 5) is 12.2. The van der Waals surface area contributed by atoms with Crippen LogP contribution in [0.5, 0.6) is 0 Å². The number of amides is 1. The smallest absolute Gasteiger partial charge is 0.266 e. The minimum atomic E-state index is -0.590. The predicted octanol–water partition coefficient (Wildman–Crippen LogP) is 5.19. The largest absolute Gasteiger partial charge is 0.319 e. The minimum Gasteiger partial charge on any atom is -0.319 e. The van der Waals surface area contributed by atoms with Crippen molar-refractivity contribution in [3.63, 3.8) is 0 Å². The molecule has 0 atom stereocenters. The van der Waals surface area contributed by atoms with Crippen molar-refractivity contribution in [2.45, 2.75) is 0 Å². The molecule has 2 aromatic carbocycles. The Morgan fingerprint density at radius 2 is 1.64 bits per heavy atom. The average molecular weight is 352 g/mol. The number of benzene rings is 2. The van der Waals surface area contributed by atoms with E-state index in [4.69, 9.17) is 40.1 Å². The van der Waals surface area contributed by atoms with Crippen LogP contribution in [0.25, 0.3) is 6.08 Å². The highest BCUT2D eigenvalue weighted by molar-refractivity contribution is 6.40. The van der Waals surface area contributed by atoms with Gasteiger partial charge in [0.2, 0.25) is 0 Å². The summed E-state index contributed by atoms with van der Waals surface area (Å²) < 4.78 is 0. The van der Waals surface area contributed by atoms with Crippen molar-refractivity contribution in [1.29, 1.82) is 5.26 Å². The van der Waals surface area contributed by atoms with Crippen LogP contribution in [0.1, 0.15) is 5.56 Å². The topological polar surface area (TPSA) is 52.9 Å². The summed E-state index contributed by atoms with van der Waals surface area (Å²) in [5, 5.41) is 12.9. The van der Waals surface area contributed by atoms with Crippen molar-refractivity contribution < 1.29 is 4.79 Å². The second kappa shape index (κ2) is 7.33. The van der Waals surface area contributed by atoms with Gasteiger partial charge in [0.1, 0.15) is 11.6 Å². The third kappa shape index (κ3) is 4.02. The fourth-order valence-corrected chi connectivity index (χ4v) is 2.29. The fourth-order valence-electron chi connectivity index (χ4n) is 1.67. The van der Waals surface area contributed by atoms with E-state index in [2.05, 4.69) is 5.32 Å². The van der Waals surface area contributed by atoms with E-state index < -0.39 is 5.91 Å². The molecule has 0 fully saturated rings. The number of para-hydroxylation sites is 1. The van der Waals surface area contributed by atoms with E-state index in [0.29, 0.717) is 20.6 Å². The molecule has 110 valence electrons. The maximum absolute atomic E-state index is 12.2. The molecule has 3 nitrogen and oxygen atoms in total. The number of carbonyl (C=O) groups excluding carboxylic acids is 1. The molecule has 0 aliphatic heterocycles. The monoisotopic (exact) mass is 350 g/mol. The first-order valence-electron chi connectivity index (χ1n) is 6.14. The highest BCUT2D eigenvalue weighted by Gasteiger charge is 2.13. The molecule has 6 heteroatoms. The van der Waals surface area contributed by atoms with Crippen LogP contribution in [-0.2, 0) is 4.79 Å². The summed E-state index contributed by atoms with van der Waals surface area (Å²) in [5.41, 5.74) is 0.882. The van der Waals surface area contributed by atoms with Gasteiger partial charge in [-0.2, -0.15) is 5.26 Å². The predicted molar refractivity (Wildman–Crippen MR) is 90.1 cm³/mol. The van der Waals surface area contributed by atoms with Gasteiger partial charge in [-0.3, -0.25) is 4.79 Å². The third-order valence-electron chi connectivity index (χ3n) is 2.75. The second-order valence-corrected chi connectivity index (χ2v) is 5.52. The van der Waals surface area contributed by atoms with Gasteiger partial charge in [-0.05, 0) is 35.9 Å². The van der Waals surface area contributed by atoms with Crippen molar-refractivity contribution >= 4 is 52.5 Å². The molecular formula is C16H9Cl3N2O. The molecule has 1 amide bonds. The molecule has 2 aromatic rings. The Bertz CT molecular complexity index is 757. The lowest BCUT2D eigenvalue weighted by molar-refractivity contribution is -0.112. The maximum Gasteiger partial charge on any atom is 0.266 e. The Morgan fingerprint density at radius 1 is 1.05 bits per heavy atom. The lowest BCUT2D eigenvalue weighted by atomic mass is 10.1. The molecule has 0 aromatic heterocycles. The van der Waals surface area contributed by atoms with Gasteiger partial charge < -0.3 is 5.32 Å². The average Bonchev–Trinajstić information content (AvgIpc) is 2.50. The first-order chi connectivity index (χ1) is 10.5. The van der Waals surface area contributed by atoms with E-state index >= 15 is 0 Å². The molecule has 0 aliphatic carbocycles. The summed E-state index contributed by atoms with van der Waals surface area (Å²) in [7, 11) is 0. The van der Waals surface area contributed by atoms with Gasteiger partial charge in [0.25, 0.3) is 5.91 Å². The highest BCUT2D eigenvalue weighted by atomic mass is 35.5. The normalized spacial score (nSPS) is 10.9. The van der Waals surface area contributed by atoms with Gasteiger partial charge in [0, 0.05) is 5.02 Å². The van der Waals surface area contributed by atoms with E-state index in [-0.39, 0.29) is 11.3 Å². The zero-order valence-corrected chi connectivity index (χ0v) is 13.4. The first kappa shape index (κ1) is 16.4. The first-order valence-corrected chi connectivity index (χ1v) is 7.27. The Labute approximate surface area is 142 Å². The van der Waals surface area contributed by atoms with Crippen LogP contribution in [0.2, 0.25) is 15.1 Å². The number of carbonyl (C=O) groups is 1. The van der Waals surface area contributed by atoms with Gasteiger partial charge in [-0.25, -0.2) is 0 Å². The zero-order chi connectivity index (χ0) is 16.1. The summed E-state index contributed by atoms with van der Waals surface area (Å²) in [6.07, 6.45) is 1.45. The number of rotatable bonds is 3. The minimum absolute atomic E-state index is 0.0710. The van der Waals surface area contributed by atoms with Crippen LogP contribution in [0.3, 0.4) is 0 Å². The standard InChI is InChI=1S/C16H9Cl3N2O/c17-12-6-4-10(5-7-12)8-11(9-20)16(22)21-15-13(18)2-1-3-14(15)19/h1-8H,(H,21,22)/b11-8+. The molecular weight excluding hydrogens is 343 g/mol. The van der Waals surface area contributed by atoms with Gasteiger partial charge in [-0.1, -0.05) is 53.0 Å². The van der Waals surface area contributed by atoms with Gasteiger partial charge in [0.15, 0.2) is 0 Å². The van der Waals surface area contributed by atoms with Crippen molar-refractivity contribution in [2.24, 2.45) is 0 Å². The van der Waals surface area contributed by atoms with Crippen molar-refractivity contribution in [3.05, 3.63) is 68.7 Å². The molecule has 0 bridgehead atoms. The summed E-state index contributed by atoms with van der Waals surface area (Å²) >= 11 is 17.8. The highest BCUT2D eigenvalue weighted by Crippen LogP contribution is 2.30. The lowest BCUT2D eigenvalue weighted by Gasteiger charge is -2.08. The molecule has 0 saturated heterocycles. The molecule has 0 aliphatic rings.